The minimum absolute atomic E-state index is 0.0275. The molecule has 1 fully saturated rings. The Labute approximate surface area is 154 Å². The summed E-state index contributed by atoms with van der Waals surface area (Å²) in [6.07, 6.45) is 5.44. The van der Waals surface area contributed by atoms with Crippen molar-refractivity contribution in [3.8, 4) is 0 Å². The average molecular weight is 360 g/mol. The van der Waals surface area contributed by atoms with Crippen LogP contribution < -0.4 is 11.1 Å². The van der Waals surface area contributed by atoms with Gasteiger partial charge in [0.15, 0.2) is 0 Å². The van der Waals surface area contributed by atoms with Crippen molar-refractivity contribution < 1.29 is 19.9 Å². The molecule has 0 saturated heterocycles. The molecule has 0 heterocycles. The molecule has 6 nitrogen and oxygen atoms in total. The highest BCUT2D eigenvalue weighted by molar-refractivity contribution is 6.40. The molecule has 1 atom stereocenters. The molecule has 1 unspecified atom stereocenters. The van der Waals surface area contributed by atoms with Crippen molar-refractivity contribution in [2.24, 2.45) is 11.7 Å². The van der Waals surface area contributed by atoms with Crippen LogP contribution in [0.4, 0.5) is 0 Å². The van der Waals surface area contributed by atoms with Crippen molar-refractivity contribution in [1.29, 1.82) is 0 Å². The number of benzene rings is 1. The summed E-state index contributed by atoms with van der Waals surface area (Å²) >= 11 is 0. The van der Waals surface area contributed by atoms with Gasteiger partial charge in [-0.25, -0.2) is 0 Å². The fourth-order valence-corrected chi connectivity index (χ4v) is 4.41. The van der Waals surface area contributed by atoms with Gasteiger partial charge < -0.3 is 26.2 Å². The predicted octanol–water partition coefficient (Wildman–Crippen LogP) is 0.947. The second-order valence-corrected chi connectivity index (χ2v) is 7.98. The first-order valence-corrected chi connectivity index (χ1v) is 9.59. The fourth-order valence-electron chi connectivity index (χ4n) is 4.41. The van der Waals surface area contributed by atoms with E-state index in [1.165, 1.54) is 11.1 Å². The number of hydrogen-bond donors (Lipinski definition) is 5. The number of carboxylic acid groups (broad SMARTS) is 1. The summed E-state index contributed by atoms with van der Waals surface area (Å²) in [5, 5.41) is 31.1. The standard InChI is InChI=1S/C19H29BN2O4/c21-19(18(23)24,7-3-4-8-20(25)26)15-11-17(12-15)22-16-9-13-5-1-2-6-14(13)10-16/h1-2,5-6,15-17,22,25-26H,3-4,7-12,21H2,(H,23,24)/t15-,17+,19?. The zero-order valence-corrected chi connectivity index (χ0v) is 15.1. The number of nitrogens with two attached hydrogens (primary N) is 1. The molecule has 0 aromatic heterocycles. The molecule has 3 rings (SSSR count). The molecule has 26 heavy (non-hydrogen) atoms. The molecule has 0 aliphatic heterocycles. The van der Waals surface area contributed by atoms with Crippen molar-refractivity contribution in [3.05, 3.63) is 35.4 Å². The van der Waals surface area contributed by atoms with Crippen molar-refractivity contribution >= 4 is 13.1 Å². The highest BCUT2D eigenvalue weighted by atomic mass is 16.4. The summed E-state index contributed by atoms with van der Waals surface area (Å²) in [6.45, 7) is 0. The molecular weight excluding hydrogens is 331 g/mol. The predicted molar refractivity (Wildman–Crippen MR) is 101 cm³/mol. The summed E-state index contributed by atoms with van der Waals surface area (Å²) in [7, 11) is -1.33. The van der Waals surface area contributed by atoms with Gasteiger partial charge in [-0.05, 0) is 55.5 Å². The van der Waals surface area contributed by atoms with Gasteiger partial charge in [0.2, 0.25) is 0 Å². The van der Waals surface area contributed by atoms with E-state index in [1.807, 2.05) is 0 Å². The van der Waals surface area contributed by atoms with Crippen molar-refractivity contribution in [1.82, 2.24) is 5.32 Å². The molecule has 142 valence electrons. The van der Waals surface area contributed by atoms with Crippen LogP contribution in [0.1, 0.15) is 43.2 Å². The van der Waals surface area contributed by atoms with Gasteiger partial charge in [0.25, 0.3) is 0 Å². The minimum Gasteiger partial charge on any atom is -0.480 e. The van der Waals surface area contributed by atoms with Gasteiger partial charge in [-0.15, -0.1) is 0 Å². The molecule has 7 heteroatoms. The van der Waals surface area contributed by atoms with Gasteiger partial charge in [-0.2, -0.15) is 0 Å². The van der Waals surface area contributed by atoms with Crippen LogP contribution in [0, 0.1) is 5.92 Å². The lowest BCUT2D eigenvalue weighted by atomic mass is 9.66. The third-order valence-corrected chi connectivity index (χ3v) is 6.09. The van der Waals surface area contributed by atoms with E-state index in [-0.39, 0.29) is 12.2 Å². The van der Waals surface area contributed by atoms with Crippen molar-refractivity contribution in [3.63, 3.8) is 0 Å². The van der Waals surface area contributed by atoms with Gasteiger partial charge >= 0.3 is 13.1 Å². The van der Waals surface area contributed by atoms with Gasteiger partial charge in [0.1, 0.15) is 5.54 Å². The van der Waals surface area contributed by atoms with Crippen molar-refractivity contribution in [2.45, 2.75) is 68.9 Å². The number of nitrogens with one attached hydrogen (secondary N) is 1. The van der Waals surface area contributed by atoms with Gasteiger partial charge in [-0.3, -0.25) is 4.79 Å². The summed E-state index contributed by atoms with van der Waals surface area (Å²) in [5.74, 6) is -0.973. The molecule has 2 aliphatic rings. The maximum absolute atomic E-state index is 11.7. The van der Waals surface area contributed by atoms with Crippen LogP contribution in [0.2, 0.25) is 6.32 Å². The molecular formula is C19H29BN2O4. The Morgan fingerprint density at radius 3 is 2.31 bits per heavy atom. The Bertz CT molecular complexity index is 611. The largest absolute Gasteiger partial charge is 0.480 e. The van der Waals surface area contributed by atoms with Crippen LogP contribution in [0.15, 0.2) is 24.3 Å². The van der Waals surface area contributed by atoms with E-state index in [2.05, 4.69) is 29.6 Å². The first kappa shape index (κ1) is 19.4. The average Bonchev–Trinajstić information content (AvgIpc) is 2.96. The monoisotopic (exact) mass is 360 g/mol. The van der Waals surface area contributed by atoms with Crippen LogP contribution in [-0.2, 0) is 17.6 Å². The Hall–Kier alpha value is -1.41. The molecule has 0 bridgehead atoms. The van der Waals surface area contributed by atoms with Crippen LogP contribution in [0.3, 0.4) is 0 Å². The number of aliphatic carboxylic acids is 1. The topological polar surface area (TPSA) is 116 Å². The van der Waals surface area contributed by atoms with Crippen LogP contribution >= 0.6 is 0 Å². The lowest BCUT2D eigenvalue weighted by molar-refractivity contribution is -0.148. The van der Waals surface area contributed by atoms with E-state index < -0.39 is 18.6 Å². The molecule has 2 aliphatic carbocycles. The van der Waals surface area contributed by atoms with Crippen LogP contribution in [0.5, 0.6) is 0 Å². The Balaban J connectivity index is 1.45. The molecule has 0 radical (unpaired) electrons. The van der Waals surface area contributed by atoms with E-state index in [0.717, 1.165) is 25.7 Å². The summed E-state index contributed by atoms with van der Waals surface area (Å²) in [6, 6.07) is 9.28. The molecule has 0 spiro atoms. The lowest BCUT2D eigenvalue weighted by Gasteiger charge is -2.45. The minimum atomic E-state index is -1.33. The zero-order chi connectivity index (χ0) is 18.7. The Kier molecular flexibility index (Phi) is 6.02. The van der Waals surface area contributed by atoms with E-state index in [0.29, 0.717) is 31.3 Å². The molecule has 6 N–H and O–H groups in total. The second-order valence-electron chi connectivity index (χ2n) is 7.98. The zero-order valence-electron chi connectivity index (χ0n) is 15.1. The maximum Gasteiger partial charge on any atom is 0.451 e. The van der Waals surface area contributed by atoms with Crippen LogP contribution in [0.25, 0.3) is 0 Å². The number of carbonyl (C=O) groups is 1. The van der Waals surface area contributed by atoms with E-state index in [4.69, 9.17) is 15.8 Å². The summed E-state index contributed by atoms with van der Waals surface area (Å²) in [4.78, 5) is 11.7. The highest BCUT2D eigenvalue weighted by Gasteiger charge is 2.48. The molecule has 1 saturated carbocycles. The van der Waals surface area contributed by atoms with E-state index >= 15 is 0 Å². The van der Waals surface area contributed by atoms with Gasteiger partial charge in [0.05, 0.1) is 0 Å². The van der Waals surface area contributed by atoms with Gasteiger partial charge in [-0.1, -0.05) is 37.1 Å². The number of rotatable bonds is 9. The van der Waals surface area contributed by atoms with Crippen molar-refractivity contribution in [2.75, 3.05) is 0 Å². The number of carboxylic acids is 1. The first-order chi connectivity index (χ1) is 12.4. The molecule has 0 amide bonds. The fraction of sp³-hybridized carbons (Fsp3) is 0.632. The Morgan fingerprint density at radius 2 is 1.77 bits per heavy atom. The smallest absolute Gasteiger partial charge is 0.451 e. The summed E-state index contributed by atoms with van der Waals surface area (Å²) < 4.78 is 0. The normalized spacial score (nSPS) is 24.6. The highest BCUT2D eigenvalue weighted by Crippen LogP contribution is 2.39. The van der Waals surface area contributed by atoms with Gasteiger partial charge in [0, 0.05) is 12.1 Å². The SMILES string of the molecule is NC(CCCCB(O)O)(C(=O)O)[C@H]1C[C@@H](NC2Cc3ccccc3C2)C1. The molecule has 1 aromatic rings. The number of hydrogen-bond acceptors (Lipinski definition) is 5. The van der Waals surface area contributed by atoms with Crippen LogP contribution in [-0.4, -0.2) is 45.9 Å². The first-order valence-electron chi connectivity index (χ1n) is 9.59. The lowest BCUT2D eigenvalue weighted by Crippen LogP contribution is -2.61. The third-order valence-electron chi connectivity index (χ3n) is 6.09. The second kappa shape index (κ2) is 8.09. The number of fused-ring (bicyclic) bond motifs is 1. The third kappa shape index (κ3) is 4.28. The van der Waals surface area contributed by atoms with E-state index in [1.54, 1.807) is 0 Å². The van der Waals surface area contributed by atoms with E-state index in [9.17, 15) is 9.90 Å². The maximum atomic E-state index is 11.7. The summed E-state index contributed by atoms with van der Waals surface area (Å²) in [5.41, 5.74) is 7.85. The molecule has 1 aromatic carbocycles. The number of unbranched alkanes of at least 4 members (excludes halogenated alkanes) is 1. The Morgan fingerprint density at radius 1 is 1.15 bits per heavy atom. The quantitative estimate of drug-likeness (QED) is 0.331.